The van der Waals surface area contributed by atoms with Gasteiger partial charge in [0, 0.05) is 19.3 Å². The monoisotopic (exact) mass is 296 g/mol. The Morgan fingerprint density at radius 2 is 2.10 bits per heavy atom. The average molecular weight is 296 g/mol. The fourth-order valence-electron chi connectivity index (χ4n) is 2.16. The molecule has 4 N–H and O–H groups in total. The molecule has 1 aliphatic heterocycles. The van der Waals surface area contributed by atoms with Gasteiger partial charge in [0.25, 0.3) is 11.5 Å². The molecule has 0 spiro atoms. The van der Waals surface area contributed by atoms with Crippen molar-refractivity contribution in [3.05, 3.63) is 32.6 Å². The topological polar surface area (TPSA) is 116 Å². The number of aromatic amines is 2. The molecule has 0 saturated carbocycles. The molecule has 116 valence electrons. The highest BCUT2D eigenvalue weighted by molar-refractivity contribution is 5.93. The smallest absolute Gasteiger partial charge is 0.325 e. The van der Waals surface area contributed by atoms with Gasteiger partial charge in [-0.25, -0.2) is 4.79 Å². The molecule has 0 aromatic carbocycles. The van der Waals surface area contributed by atoms with Crippen LogP contribution in [0.2, 0.25) is 0 Å². The molecule has 1 aromatic rings. The number of carbonyl (C=O) groups excluding carboxylic acids is 1. The second kappa shape index (κ2) is 7.75. The minimum atomic E-state index is -0.692. The number of amides is 1. The van der Waals surface area contributed by atoms with Gasteiger partial charge in [-0.3, -0.25) is 14.6 Å². The SMILES string of the molecule is O=C(NCCCOC1CCNCC1)c1c[nH]c(=O)[nH]c1=O. The van der Waals surface area contributed by atoms with Crippen molar-refractivity contribution in [1.82, 2.24) is 20.6 Å². The molecule has 0 atom stereocenters. The fourth-order valence-corrected chi connectivity index (χ4v) is 2.16. The molecule has 2 heterocycles. The first kappa shape index (κ1) is 15.5. The molecule has 1 fully saturated rings. The van der Waals surface area contributed by atoms with Gasteiger partial charge in [0.1, 0.15) is 5.56 Å². The van der Waals surface area contributed by atoms with Gasteiger partial charge < -0.3 is 20.4 Å². The van der Waals surface area contributed by atoms with Crippen LogP contribution < -0.4 is 21.9 Å². The Balaban J connectivity index is 1.67. The number of piperidine rings is 1. The zero-order valence-electron chi connectivity index (χ0n) is 11.7. The lowest BCUT2D eigenvalue weighted by molar-refractivity contribution is 0.0318. The first-order valence-electron chi connectivity index (χ1n) is 7.09. The summed E-state index contributed by atoms with van der Waals surface area (Å²) in [6.45, 7) is 2.96. The highest BCUT2D eigenvalue weighted by Gasteiger charge is 2.13. The van der Waals surface area contributed by atoms with E-state index >= 15 is 0 Å². The van der Waals surface area contributed by atoms with Gasteiger partial charge in [-0.05, 0) is 32.4 Å². The van der Waals surface area contributed by atoms with Gasteiger partial charge >= 0.3 is 5.69 Å². The van der Waals surface area contributed by atoms with Crippen LogP contribution in [0.5, 0.6) is 0 Å². The van der Waals surface area contributed by atoms with Crippen molar-refractivity contribution in [2.45, 2.75) is 25.4 Å². The molecule has 1 amide bonds. The summed E-state index contributed by atoms with van der Waals surface area (Å²) in [7, 11) is 0. The van der Waals surface area contributed by atoms with Crippen LogP contribution in [0.3, 0.4) is 0 Å². The van der Waals surface area contributed by atoms with Crippen molar-refractivity contribution in [1.29, 1.82) is 0 Å². The highest BCUT2D eigenvalue weighted by atomic mass is 16.5. The summed E-state index contributed by atoms with van der Waals surface area (Å²) < 4.78 is 5.70. The molecule has 8 heteroatoms. The van der Waals surface area contributed by atoms with E-state index in [2.05, 4.69) is 15.6 Å². The van der Waals surface area contributed by atoms with Crippen molar-refractivity contribution >= 4 is 5.91 Å². The summed E-state index contributed by atoms with van der Waals surface area (Å²) >= 11 is 0. The lowest BCUT2D eigenvalue weighted by atomic mass is 10.1. The maximum atomic E-state index is 11.7. The molecule has 1 aliphatic rings. The first-order valence-corrected chi connectivity index (χ1v) is 7.09. The zero-order valence-corrected chi connectivity index (χ0v) is 11.7. The summed E-state index contributed by atoms with van der Waals surface area (Å²) in [5.74, 6) is -0.505. The van der Waals surface area contributed by atoms with E-state index < -0.39 is 17.2 Å². The van der Waals surface area contributed by atoms with Crippen LogP contribution >= 0.6 is 0 Å². The molecule has 0 bridgehead atoms. The number of ether oxygens (including phenoxy) is 1. The fraction of sp³-hybridized carbons (Fsp3) is 0.615. The average Bonchev–Trinajstić information content (AvgIpc) is 2.47. The normalized spacial score (nSPS) is 15.8. The van der Waals surface area contributed by atoms with Crippen molar-refractivity contribution in [3.63, 3.8) is 0 Å². The van der Waals surface area contributed by atoms with Crippen molar-refractivity contribution < 1.29 is 9.53 Å². The molecule has 1 aromatic heterocycles. The van der Waals surface area contributed by atoms with E-state index in [1.807, 2.05) is 4.98 Å². The molecular weight excluding hydrogens is 276 g/mol. The van der Waals surface area contributed by atoms with Crippen molar-refractivity contribution in [3.8, 4) is 0 Å². The number of hydrogen-bond donors (Lipinski definition) is 4. The van der Waals surface area contributed by atoms with Crippen LogP contribution in [0.1, 0.15) is 29.6 Å². The van der Waals surface area contributed by atoms with E-state index in [0.717, 1.165) is 32.1 Å². The van der Waals surface area contributed by atoms with E-state index in [-0.39, 0.29) is 5.56 Å². The van der Waals surface area contributed by atoms with Crippen LogP contribution in [-0.2, 0) is 4.74 Å². The van der Waals surface area contributed by atoms with Crippen LogP contribution in [0.15, 0.2) is 15.8 Å². The largest absolute Gasteiger partial charge is 0.378 e. The minimum Gasteiger partial charge on any atom is -0.378 e. The molecule has 21 heavy (non-hydrogen) atoms. The number of rotatable bonds is 6. The Hall–Kier alpha value is -1.93. The Bertz CT molecular complexity index is 574. The van der Waals surface area contributed by atoms with Gasteiger partial charge in [0.05, 0.1) is 6.10 Å². The Morgan fingerprint density at radius 1 is 1.33 bits per heavy atom. The lowest BCUT2D eigenvalue weighted by Crippen LogP contribution is -2.35. The van der Waals surface area contributed by atoms with Gasteiger partial charge in [-0.1, -0.05) is 0 Å². The van der Waals surface area contributed by atoms with E-state index in [1.54, 1.807) is 0 Å². The Labute approximate surface area is 121 Å². The number of aromatic nitrogens is 2. The summed E-state index contributed by atoms with van der Waals surface area (Å²) in [5.41, 5.74) is -1.43. The van der Waals surface area contributed by atoms with Gasteiger partial charge in [0.2, 0.25) is 0 Å². The van der Waals surface area contributed by atoms with Crippen LogP contribution in [0, 0.1) is 0 Å². The third-order valence-electron chi connectivity index (χ3n) is 3.31. The summed E-state index contributed by atoms with van der Waals surface area (Å²) in [5, 5.41) is 5.89. The molecule has 2 rings (SSSR count). The van der Waals surface area contributed by atoms with Gasteiger partial charge in [-0.15, -0.1) is 0 Å². The third-order valence-corrected chi connectivity index (χ3v) is 3.31. The molecule has 1 saturated heterocycles. The van der Waals surface area contributed by atoms with Crippen molar-refractivity contribution in [2.24, 2.45) is 0 Å². The van der Waals surface area contributed by atoms with E-state index in [1.165, 1.54) is 0 Å². The molecule has 8 nitrogen and oxygen atoms in total. The predicted octanol–water partition coefficient (Wildman–Crippen LogP) is -1.05. The number of carbonyl (C=O) groups is 1. The first-order chi connectivity index (χ1) is 10.2. The second-order valence-corrected chi connectivity index (χ2v) is 4.92. The predicted molar refractivity (Wildman–Crippen MR) is 76.5 cm³/mol. The van der Waals surface area contributed by atoms with Gasteiger partial charge in [-0.2, -0.15) is 0 Å². The maximum Gasteiger partial charge on any atom is 0.325 e. The Morgan fingerprint density at radius 3 is 2.81 bits per heavy atom. The summed E-state index contributed by atoms with van der Waals surface area (Å²) in [4.78, 5) is 38.3. The number of H-pyrrole nitrogens is 2. The third kappa shape index (κ3) is 4.83. The van der Waals surface area contributed by atoms with Crippen LogP contribution in [0.4, 0.5) is 0 Å². The summed E-state index contributed by atoms with van der Waals surface area (Å²) in [6, 6.07) is 0. The molecule has 0 aliphatic carbocycles. The lowest BCUT2D eigenvalue weighted by Gasteiger charge is -2.22. The van der Waals surface area contributed by atoms with Crippen LogP contribution in [0.25, 0.3) is 0 Å². The summed E-state index contributed by atoms with van der Waals surface area (Å²) in [6.07, 6.45) is 4.11. The van der Waals surface area contributed by atoms with Gasteiger partial charge in [0.15, 0.2) is 0 Å². The van der Waals surface area contributed by atoms with E-state index in [4.69, 9.17) is 4.74 Å². The molecular formula is C13H20N4O4. The highest BCUT2D eigenvalue weighted by Crippen LogP contribution is 2.06. The number of nitrogens with one attached hydrogen (secondary N) is 4. The van der Waals surface area contributed by atoms with Crippen molar-refractivity contribution in [2.75, 3.05) is 26.2 Å². The molecule has 0 radical (unpaired) electrons. The molecule has 0 unspecified atom stereocenters. The minimum absolute atomic E-state index is 0.103. The quantitative estimate of drug-likeness (QED) is 0.500. The second-order valence-electron chi connectivity index (χ2n) is 4.92. The van der Waals surface area contributed by atoms with E-state index in [0.29, 0.717) is 25.7 Å². The Kier molecular flexibility index (Phi) is 5.70. The zero-order chi connectivity index (χ0) is 15.1. The maximum absolute atomic E-state index is 11.7. The standard InChI is InChI=1S/C13H20N4O4/c18-11(10-8-16-13(20)17-12(10)19)15-4-1-7-21-9-2-5-14-6-3-9/h8-9,14H,1-7H2,(H,15,18)(H2,16,17,19,20). The number of hydrogen-bond acceptors (Lipinski definition) is 5. The van der Waals surface area contributed by atoms with Crippen LogP contribution in [-0.4, -0.2) is 48.2 Å². The van der Waals surface area contributed by atoms with E-state index in [9.17, 15) is 14.4 Å².